The second-order valence-electron chi connectivity index (χ2n) is 9.11. The van der Waals surface area contributed by atoms with Crippen LogP contribution in [0.4, 0.5) is 4.39 Å². The van der Waals surface area contributed by atoms with E-state index in [4.69, 9.17) is 14.2 Å². The Morgan fingerprint density at radius 3 is 2.36 bits per heavy atom. The van der Waals surface area contributed by atoms with Crippen molar-refractivity contribution in [1.29, 1.82) is 0 Å². The van der Waals surface area contributed by atoms with Gasteiger partial charge in [0.25, 0.3) is 0 Å². The summed E-state index contributed by atoms with van der Waals surface area (Å²) in [5.74, 6) is -0.595. The van der Waals surface area contributed by atoms with Crippen LogP contribution >= 0.6 is 0 Å². The summed E-state index contributed by atoms with van der Waals surface area (Å²) < 4.78 is 31.4. The van der Waals surface area contributed by atoms with Gasteiger partial charge in [-0.2, -0.15) is 0 Å². The highest BCUT2D eigenvalue weighted by Crippen LogP contribution is 2.41. The van der Waals surface area contributed by atoms with E-state index in [1.165, 1.54) is 25.3 Å². The highest BCUT2D eigenvalue weighted by Gasteiger charge is 2.55. The first-order valence-corrected chi connectivity index (χ1v) is 12.1. The summed E-state index contributed by atoms with van der Waals surface area (Å²) in [6.07, 6.45) is 0.576. The number of para-hydroxylation sites is 2. The van der Waals surface area contributed by atoms with E-state index < -0.39 is 23.0 Å². The largest absolute Gasteiger partial charge is 0.493 e. The molecule has 0 aliphatic carbocycles. The molecule has 2 saturated heterocycles. The van der Waals surface area contributed by atoms with Crippen molar-refractivity contribution in [2.45, 2.75) is 37.2 Å². The van der Waals surface area contributed by atoms with Crippen molar-refractivity contribution in [3.8, 4) is 11.5 Å². The summed E-state index contributed by atoms with van der Waals surface area (Å²) in [6, 6.07) is 13.3. The maximum atomic E-state index is 14.9. The van der Waals surface area contributed by atoms with E-state index in [0.717, 1.165) is 4.90 Å². The van der Waals surface area contributed by atoms with Gasteiger partial charge in [-0.3, -0.25) is 19.3 Å². The lowest BCUT2D eigenvalue weighted by molar-refractivity contribution is -0.143. The first kappa shape index (κ1) is 25.6. The van der Waals surface area contributed by atoms with Crippen LogP contribution in [0.25, 0.3) is 0 Å². The number of carbonyl (C=O) groups excluding carboxylic acids is 3. The van der Waals surface area contributed by atoms with Crippen LogP contribution in [0.15, 0.2) is 48.5 Å². The molecule has 2 aliphatic rings. The van der Waals surface area contributed by atoms with Gasteiger partial charge in [-0.05, 0) is 18.2 Å². The standard InChI is InChI=1S/C27H31FN2O6/c1-34-16-15-30-25(32)18-27(26(30)33,20-7-3-4-8-21(20)28)17-24(31)29-13-11-19(12-14-29)36-23-10-6-5-9-22(23)35-2/h3-10,19H,11-18H2,1-2H3/t27-/m0/s1. The fourth-order valence-electron chi connectivity index (χ4n) is 4.99. The minimum absolute atomic E-state index is 0.0598. The van der Waals surface area contributed by atoms with Gasteiger partial charge in [0, 0.05) is 51.4 Å². The number of hydrogen-bond acceptors (Lipinski definition) is 6. The second-order valence-corrected chi connectivity index (χ2v) is 9.11. The van der Waals surface area contributed by atoms with Crippen LogP contribution in [0.3, 0.4) is 0 Å². The smallest absolute Gasteiger partial charge is 0.241 e. The molecule has 36 heavy (non-hydrogen) atoms. The van der Waals surface area contributed by atoms with Gasteiger partial charge in [0.05, 0.1) is 25.7 Å². The van der Waals surface area contributed by atoms with Gasteiger partial charge in [0.15, 0.2) is 11.5 Å². The van der Waals surface area contributed by atoms with Crippen molar-refractivity contribution in [2.75, 3.05) is 40.5 Å². The Labute approximate surface area is 209 Å². The second kappa shape index (κ2) is 11.1. The maximum absolute atomic E-state index is 14.9. The molecular formula is C27H31FN2O6. The van der Waals surface area contributed by atoms with Crippen LogP contribution in [-0.2, 0) is 24.5 Å². The van der Waals surface area contributed by atoms with Crippen LogP contribution in [0.5, 0.6) is 11.5 Å². The first-order chi connectivity index (χ1) is 17.4. The summed E-state index contributed by atoms with van der Waals surface area (Å²) in [5, 5.41) is 0. The molecule has 9 heteroatoms. The lowest BCUT2D eigenvalue weighted by Crippen LogP contribution is -2.47. The van der Waals surface area contributed by atoms with Gasteiger partial charge in [-0.1, -0.05) is 30.3 Å². The normalized spacial score (nSPS) is 20.6. The van der Waals surface area contributed by atoms with Crippen molar-refractivity contribution in [1.82, 2.24) is 9.80 Å². The number of amides is 3. The molecule has 0 spiro atoms. The highest BCUT2D eigenvalue weighted by atomic mass is 19.1. The minimum atomic E-state index is -1.57. The first-order valence-electron chi connectivity index (χ1n) is 12.1. The molecule has 2 fully saturated rings. The van der Waals surface area contributed by atoms with Crippen LogP contribution in [0.2, 0.25) is 0 Å². The van der Waals surface area contributed by atoms with E-state index in [2.05, 4.69) is 0 Å². The average Bonchev–Trinajstić information content (AvgIpc) is 3.12. The fourth-order valence-corrected chi connectivity index (χ4v) is 4.99. The molecule has 2 heterocycles. The van der Waals surface area contributed by atoms with Crippen molar-refractivity contribution in [2.24, 2.45) is 0 Å². The molecule has 4 rings (SSSR count). The number of rotatable bonds is 9. The Bertz CT molecular complexity index is 1120. The molecule has 3 amide bonds. The monoisotopic (exact) mass is 498 g/mol. The molecule has 0 unspecified atom stereocenters. The van der Waals surface area contributed by atoms with E-state index >= 15 is 0 Å². The van der Waals surface area contributed by atoms with Crippen molar-refractivity contribution < 1.29 is 33.0 Å². The Morgan fingerprint density at radius 1 is 1.03 bits per heavy atom. The van der Waals surface area contributed by atoms with Crippen molar-refractivity contribution in [3.05, 3.63) is 59.9 Å². The molecule has 0 aromatic heterocycles. The molecular weight excluding hydrogens is 467 g/mol. The lowest BCUT2D eigenvalue weighted by Gasteiger charge is -2.35. The number of carbonyl (C=O) groups is 3. The van der Waals surface area contributed by atoms with Gasteiger partial charge >= 0.3 is 0 Å². The highest BCUT2D eigenvalue weighted by molar-refractivity contribution is 6.10. The summed E-state index contributed by atoms with van der Waals surface area (Å²) in [7, 11) is 3.06. The number of hydrogen-bond donors (Lipinski definition) is 0. The van der Waals surface area contributed by atoms with E-state index in [0.29, 0.717) is 37.4 Å². The Kier molecular flexibility index (Phi) is 7.88. The van der Waals surface area contributed by atoms with Gasteiger partial charge in [0.2, 0.25) is 17.7 Å². The number of methoxy groups -OCH3 is 2. The maximum Gasteiger partial charge on any atom is 0.241 e. The predicted molar refractivity (Wildman–Crippen MR) is 129 cm³/mol. The Balaban J connectivity index is 1.48. The molecule has 0 radical (unpaired) electrons. The van der Waals surface area contributed by atoms with Crippen molar-refractivity contribution in [3.63, 3.8) is 0 Å². The molecule has 1 atom stereocenters. The topological polar surface area (TPSA) is 85.4 Å². The van der Waals surface area contributed by atoms with Crippen molar-refractivity contribution >= 4 is 17.7 Å². The summed E-state index contributed by atoms with van der Waals surface area (Å²) in [6.45, 7) is 1.09. The molecule has 2 aliphatic heterocycles. The Hall–Kier alpha value is -3.46. The summed E-state index contributed by atoms with van der Waals surface area (Å²) in [4.78, 5) is 42.5. The van der Waals surface area contributed by atoms with Crippen LogP contribution < -0.4 is 9.47 Å². The number of nitrogens with zero attached hydrogens (tertiary/aromatic N) is 2. The molecule has 2 aromatic rings. The van der Waals surface area contributed by atoms with Gasteiger partial charge in [-0.15, -0.1) is 0 Å². The average molecular weight is 499 g/mol. The third-order valence-electron chi connectivity index (χ3n) is 6.93. The zero-order valence-electron chi connectivity index (χ0n) is 20.6. The van der Waals surface area contributed by atoms with Crippen LogP contribution in [0.1, 0.15) is 31.2 Å². The Morgan fingerprint density at radius 2 is 1.69 bits per heavy atom. The molecule has 2 aromatic carbocycles. The third-order valence-corrected chi connectivity index (χ3v) is 6.93. The predicted octanol–water partition coefficient (Wildman–Crippen LogP) is 2.94. The van der Waals surface area contributed by atoms with Gasteiger partial charge < -0.3 is 19.1 Å². The third kappa shape index (κ3) is 5.06. The molecule has 192 valence electrons. The molecule has 0 bridgehead atoms. The minimum Gasteiger partial charge on any atom is -0.493 e. The number of benzene rings is 2. The lowest BCUT2D eigenvalue weighted by atomic mass is 9.75. The van der Waals surface area contributed by atoms with E-state index in [1.54, 1.807) is 18.1 Å². The van der Waals surface area contributed by atoms with Gasteiger partial charge in [-0.25, -0.2) is 4.39 Å². The number of imide groups is 1. The number of halogens is 1. The van der Waals surface area contributed by atoms with Gasteiger partial charge in [0.1, 0.15) is 11.9 Å². The fraction of sp³-hybridized carbons (Fsp3) is 0.444. The zero-order chi connectivity index (χ0) is 25.7. The van der Waals surface area contributed by atoms with Crippen LogP contribution in [-0.4, -0.2) is 74.1 Å². The summed E-state index contributed by atoms with van der Waals surface area (Å²) >= 11 is 0. The summed E-state index contributed by atoms with van der Waals surface area (Å²) in [5.41, 5.74) is -1.50. The van der Waals surface area contributed by atoms with Crippen LogP contribution in [0, 0.1) is 5.82 Å². The quantitative estimate of drug-likeness (QED) is 0.495. The number of piperidine rings is 1. The number of likely N-dealkylation sites (tertiary alicyclic amines) is 2. The molecule has 0 N–H and O–H groups in total. The van der Waals surface area contributed by atoms with E-state index in [1.807, 2.05) is 24.3 Å². The molecule has 8 nitrogen and oxygen atoms in total. The van der Waals surface area contributed by atoms with E-state index in [9.17, 15) is 18.8 Å². The SMILES string of the molecule is COCCN1C(=O)C[C@@](CC(=O)N2CCC(Oc3ccccc3OC)CC2)(c2ccccc2F)C1=O. The van der Waals surface area contributed by atoms with E-state index in [-0.39, 0.29) is 43.6 Å². The molecule has 0 saturated carbocycles. The zero-order valence-corrected chi connectivity index (χ0v) is 20.6. The number of ether oxygens (including phenoxy) is 3.